The number of pyridine rings is 1. The molecule has 0 spiro atoms. The van der Waals surface area contributed by atoms with Crippen molar-refractivity contribution in [3.63, 3.8) is 0 Å². The monoisotopic (exact) mass is 328 g/mol. The van der Waals surface area contributed by atoms with Gasteiger partial charge in [-0.2, -0.15) is 0 Å². The molecule has 0 radical (unpaired) electrons. The molecule has 0 amide bonds. The number of aryl methyl sites for hydroxylation is 1. The maximum absolute atomic E-state index is 5.83. The van der Waals surface area contributed by atoms with Crippen molar-refractivity contribution in [2.75, 3.05) is 19.0 Å². The Hall–Kier alpha value is -1.52. The molecule has 1 fully saturated rings. The molecule has 1 aliphatic heterocycles. The Morgan fingerprint density at radius 2 is 2.00 bits per heavy atom. The van der Waals surface area contributed by atoms with Gasteiger partial charge in [0, 0.05) is 36.0 Å². The lowest BCUT2D eigenvalue weighted by Gasteiger charge is -2.10. The highest BCUT2D eigenvalue weighted by molar-refractivity contribution is 8.00. The molecule has 23 heavy (non-hydrogen) atoms. The van der Waals surface area contributed by atoms with E-state index in [2.05, 4.69) is 53.6 Å². The summed E-state index contributed by atoms with van der Waals surface area (Å²) in [7, 11) is 0. The van der Waals surface area contributed by atoms with Crippen LogP contribution >= 0.6 is 11.8 Å². The van der Waals surface area contributed by atoms with Crippen LogP contribution in [-0.4, -0.2) is 29.3 Å². The zero-order valence-corrected chi connectivity index (χ0v) is 14.4. The molecule has 0 saturated carbocycles. The van der Waals surface area contributed by atoms with Crippen molar-refractivity contribution in [3.05, 3.63) is 59.4 Å². The predicted octanol–water partition coefficient (Wildman–Crippen LogP) is 3.47. The van der Waals surface area contributed by atoms with Gasteiger partial charge < -0.3 is 10.1 Å². The third kappa shape index (κ3) is 4.98. The van der Waals surface area contributed by atoms with E-state index >= 15 is 0 Å². The van der Waals surface area contributed by atoms with Gasteiger partial charge in [0.1, 0.15) is 5.75 Å². The molecule has 0 bridgehead atoms. The van der Waals surface area contributed by atoms with Crippen LogP contribution in [0.3, 0.4) is 0 Å². The molecular weight excluding hydrogens is 304 g/mol. The quantitative estimate of drug-likeness (QED) is 0.844. The Bertz CT molecular complexity index is 592. The van der Waals surface area contributed by atoms with Crippen molar-refractivity contribution in [2.45, 2.75) is 31.4 Å². The summed E-state index contributed by atoms with van der Waals surface area (Å²) in [6.45, 7) is 3.93. The van der Waals surface area contributed by atoms with Gasteiger partial charge in [-0.25, -0.2) is 0 Å². The normalized spacial score (nSPS) is 17.3. The molecule has 1 unspecified atom stereocenters. The van der Waals surface area contributed by atoms with Crippen molar-refractivity contribution in [1.82, 2.24) is 10.3 Å². The summed E-state index contributed by atoms with van der Waals surface area (Å²) < 4.78 is 5.83. The molecule has 1 aromatic heterocycles. The first kappa shape index (κ1) is 16.3. The van der Waals surface area contributed by atoms with E-state index in [4.69, 9.17) is 4.74 Å². The second kappa shape index (κ2) is 8.37. The molecule has 122 valence electrons. The molecule has 3 nitrogen and oxygen atoms in total. The highest BCUT2D eigenvalue weighted by atomic mass is 32.2. The molecule has 3 rings (SSSR count). The van der Waals surface area contributed by atoms with Crippen LogP contribution in [0, 0.1) is 0 Å². The van der Waals surface area contributed by atoms with E-state index < -0.39 is 0 Å². The zero-order chi connectivity index (χ0) is 15.9. The minimum Gasteiger partial charge on any atom is -0.493 e. The Morgan fingerprint density at radius 3 is 2.65 bits per heavy atom. The summed E-state index contributed by atoms with van der Waals surface area (Å²) in [5, 5.41) is 4.09. The number of benzene rings is 1. The summed E-state index contributed by atoms with van der Waals surface area (Å²) in [6.07, 6.45) is 4.97. The van der Waals surface area contributed by atoms with Crippen LogP contribution in [0.4, 0.5) is 0 Å². The average molecular weight is 328 g/mol. The molecule has 2 heterocycles. The fourth-order valence-electron chi connectivity index (χ4n) is 2.66. The van der Waals surface area contributed by atoms with Crippen LogP contribution < -0.4 is 10.1 Å². The number of aromatic nitrogens is 1. The molecule has 1 saturated heterocycles. The third-order valence-corrected chi connectivity index (χ3v) is 5.28. The lowest BCUT2D eigenvalue weighted by molar-refractivity contribution is 0.320. The average Bonchev–Trinajstić information content (AvgIpc) is 3.10. The Kier molecular flexibility index (Phi) is 5.94. The fraction of sp³-hybridized carbons (Fsp3) is 0.421. The van der Waals surface area contributed by atoms with Gasteiger partial charge in [0.15, 0.2) is 0 Å². The van der Waals surface area contributed by atoms with Crippen molar-refractivity contribution in [2.24, 2.45) is 0 Å². The van der Waals surface area contributed by atoms with Gasteiger partial charge >= 0.3 is 0 Å². The summed E-state index contributed by atoms with van der Waals surface area (Å²) in [6, 6.07) is 12.8. The molecule has 1 aromatic carbocycles. The summed E-state index contributed by atoms with van der Waals surface area (Å²) >= 11 is 2.01. The first-order valence-corrected chi connectivity index (χ1v) is 9.36. The number of hydrogen-bond donors (Lipinski definition) is 1. The fourth-order valence-corrected chi connectivity index (χ4v) is 3.67. The van der Waals surface area contributed by atoms with Gasteiger partial charge in [0.05, 0.1) is 6.61 Å². The number of ether oxygens (including phenoxy) is 1. The summed E-state index contributed by atoms with van der Waals surface area (Å²) in [5.74, 6) is 2.02. The Morgan fingerprint density at radius 1 is 1.17 bits per heavy atom. The second-order valence-corrected chi connectivity index (χ2v) is 7.13. The number of hydrogen-bond acceptors (Lipinski definition) is 4. The van der Waals surface area contributed by atoms with Crippen LogP contribution in [0.15, 0.2) is 42.6 Å². The standard InChI is InChI=1S/C19H24N2OS/c1-2-15-3-6-17(21-12-15)9-10-22-18-7-4-16(5-8-18)11-19-13-20-14-23-19/h3-8,12,19-20H,2,9-11,13-14H2,1H3. The smallest absolute Gasteiger partial charge is 0.119 e. The van der Waals surface area contributed by atoms with Gasteiger partial charge in [0.2, 0.25) is 0 Å². The lowest BCUT2D eigenvalue weighted by atomic mass is 10.1. The van der Waals surface area contributed by atoms with Crippen LogP contribution in [0.25, 0.3) is 0 Å². The van der Waals surface area contributed by atoms with Gasteiger partial charge in [0.25, 0.3) is 0 Å². The van der Waals surface area contributed by atoms with Crippen LogP contribution in [0.1, 0.15) is 23.7 Å². The van der Waals surface area contributed by atoms with E-state index in [0.717, 1.165) is 43.1 Å². The topological polar surface area (TPSA) is 34.1 Å². The Balaban J connectivity index is 1.44. The van der Waals surface area contributed by atoms with E-state index in [1.54, 1.807) is 0 Å². The maximum Gasteiger partial charge on any atom is 0.119 e. The molecule has 1 atom stereocenters. The molecular formula is C19H24N2OS. The van der Waals surface area contributed by atoms with E-state index in [0.29, 0.717) is 11.9 Å². The molecule has 1 aliphatic rings. The third-order valence-electron chi connectivity index (χ3n) is 4.10. The SMILES string of the molecule is CCc1ccc(CCOc2ccc(CC3CNCS3)cc2)nc1. The number of thioether (sulfide) groups is 1. The maximum atomic E-state index is 5.83. The van der Waals surface area contributed by atoms with Crippen molar-refractivity contribution >= 4 is 11.8 Å². The largest absolute Gasteiger partial charge is 0.493 e. The van der Waals surface area contributed by atoms with Crippen molar-refractivity contribution in [1.29, 1.82) is 0 Å². The zero-order valence-electron chi connectivity index (χ0n) is 13.6. The molecule has 4 heteroatoms. The molecule has 0 aliphatic carbocycles. The Labute approximate surface area is 142 Å². The minimum absolute atomic E-state index is 0.667. The number of rotatable bonds is 7. The van der Waals surface area contributed by atoms with Gasteiger partial charge in [-0.3, -0.25) is 4.98 Å². The number of nitrogens with one attached hydrogen (secondary N) is 1. The van der Waals surface area contributed by atoms with Gasteiger partial charge in [-0.05, 0) is 42.2 Å². The predicted molar refractivity (Wildman–Crippen MR) is 97.2 cm³/mol. The van der Waals surface area contributed by atoms with E-state index in [9.17, 15) is 0 Å². The van der Waals surface area contributed by atoms with E-state index in [1.807, 2.05) is 18.0 Å². The first-order valence-electron chi connectivity index (χ1n) is 8.31. The van der Waals surface area contributed by atoms with Crippen LogP contribution in [-0.2, 0) is 19.3 Å². The van der Waals surface area contributed by atoms with Crippen molar-refractivity contribution < 1.29 is 4.74 Å². The van der Waals surface area contributed by atoms with Gasteiger partial charge in [-0.1, -0.05) is 25.1 Å². The molecule has 1 N–H and O–H groups in total. The second-order valence-electron chi connectivity index (χ2n) is 5.85. The highest BCUT2D eigenvalue weighted by Gasteiger charge is 2.15. The van der Waals surface area contributed by atoms with Crippen molar-refractivity contribution in [3.8, 4) is 5.75 Å². The first-order chi connectivity index (χ1) is 11.3. The van der Waals surface area contributed by atoms with Gasteiger partial charge in [-0.15, -0.1) is 11.8 Å². The van der Waals surface area contributed by atoms with E-state index in [1.165, 1.54) is 11.1 Å². The summed E-state index contributed by atoms with van der Waals surface area (Å²) in [5.41, 5.74) is 3.75. The highest BCUT2D eigenvalue weighted by Crippen LogP contribution is 2.21. The van der Waals surface area contributed by atoms with Crippen LogP contribution in [0.2, 0.25) is 0 Å². The number of nitrogens with zero attached hydrogens (tertiary/aromatic N) is 1. The minimum atomic E-state index is 0.667. The molecule has 2 aromatic rings. The van der Waals surface area contributed by atoms with Crippen LogP contribution in [0.5, 0.6) is 5.75 Å². The summed E-state index contributed by atoms with van der Waals surface area (Å²) in [4.78, 5) is 4.46. The van der Waals surface area contributed by atoms with E-state index in [-0.39, 0.29) is 0 Å². The lowest BCUT2D eigenvalue weighted by Crippen LogP contribution is -2.14.